The third-order valence-corrected chi connectivity index (χ3v) is 4.05. The van der Waals surface area contributed by atoms with Crippen LogP contribution in [0.3, 0.4) is 0 Å². The average Bonchev–Trinajstić information content (AvgIpc) is 2.50. The molecule has 0 unspecified atom stereocenters. The molecule has 1 amide bonds. The van der Waals surface area contributed by atoms with Crippen molar-refractivity contribution in [3.05, 3.63) is 68.1 Å². The summed E-state index contributed by atoms with van der Waals surface area (Å²) in [5, 5.41) is 2.41. The second kappa shape index (κ2) is 7.49. The molecular weight excluding hydrogens is 380 g/mol. The number of rotatable bonds is 4. The summed E-state index contributed by atoms with van der Waals surface area (Å²) in [5.41, 5.74) is -1.34. The Morgan fingerprint density at radius 3 is 2.48 bits per heavy atom. The third-order valence-electron chi connectivity index (χ3n) is 3.43. The lowest BCUT2D eigenvalue weighted by Crippen LogP contribution is -2.34. The number of hydrogen-bond donors (Lipinski definition) is 1. The fourth-order valence-electron chi connectivity index (χ4n) is 2.22. The van der Waals surface area contributed by atoms with Crippen molar-refractivity contribution >= 4 is 29.1 Å². The fourth-order valence-corrected chi connectivity index (χ4v) is 2.74. The highest BCUT2D eigenvalue weighted by molar-refractivity contribution is 6.31. The lowest BCUT2D eigenvalue weighted by molar-refractivity contribution is -0.138. The number of carbonyl (C=O) groups is 1. The molecule has 1 atom stereocenters. The van der Waals surface area contributed by atoms with Crippen LogP contribution in [-0.4, -0.2) is 10.5 Å². The molecule has 0 fully saturated rings. The number of pyridine rings is 1. The van der Waals surface area contributed by atoms with Crippen molar-refractivity contribution in [3.8, 4) is 0 Å². The topological polar surface area (TPSA) is 51.1 Å². The highest BCUT2D eigenvalue weighted by atomic mass is 35.5. The van der Waals surface area contributed by atoms with E-state index in [-0.39, 0.29) is 0 Å². The lowest BCUT2D eigenvalue weighted by atomic mass is 10.1. The van der Waals surface area contributed by atoms with Gasteiger partial charge in [-0.05, 0) is 24.6 Å². The predicted molar refractivity (Wildman–Crippen MR) is 88.7 cm³/mol. The van der Waals surface area contributed by atoms with Gasteiger partial charge in [-0.2, -0.15) is 13.2 Å². The van der Waals surface area contributed by atoms with Gasteiger partial charge in [-0.25, -0.2) is 0 Å². The minimum absolute atomic E-state index is 0.439. The first kappa shape index (κ1) is 19.3. The normalized spacial score (nSPS) is 12.7. The maximum Gasteiger partial charge on any atom is 0.417 e. The molecule has 1 N–H and O–H groups in total. The molecule has 134 valence electrons. The summed E-state index contributed by atoms with van der Waals surface area (Å²) in [5.74, 6) is -0.648. The van der Waals surface area contributed by atoms with Gasteiger partial charge in [-0.3, -0.25) is 9.59 Å². The molecule has 9 heteroatoms. The van der Waals surface area contributed by atoms with Crippen LogP contribution in [-0.2, 0) is 17.5 Å². The van der Waals surface area contributed by atoms with E-state index >= 15 is 0 Å². The first-order chi connectivity index (χ1) is 11.6. The van der Waals surface area contributed by atoms with Crippen molar-refractivity contribution in [2.24, 2.45) is 0 Å². The third kappa shape index (κ3) is 4.76. The van der Waals surface area contributed by atoms with Crippen molar-refractivity contribution < 1.29 is 18.0 Å². The van der Waals surface area contributed by atoms with Gasteiger partial charge < -0.3 is 9.88 Å². The number of nitrogens with zero attached hydrogens (tertiary/aromatic N) is 1. The number of halogens is 5. The Hall–Kier alpha value is -1.99. The lowest BCUT2D eigenvalue weighted by Gasteiger charge is -2.17. The molecule has 0 bridgehead atoms. The van der Waals surface area contributed by atoms with E-state index in [9.17, 15) is 22.8 Å². The molecular formula is C16H13Cl2F3N2O2. The zero-order chi connectivity index (χ0) is 18.8. The van der Waals surface area contributed by atoms with Gasteiger partial charge in [-0.15, -0.1) is 0 Å². The van der Waals surface area contributed by atoms with Gasteiger partial charge in [0.1, 0.15) is 11.6 Å². The van der Waals surface area contributed by atoms with Crippen LogP contribution in [0.15, 0.2) is 41.3 Å². The standard InChI is InChI=1S/C16H13Cl2F3N2O2/c1-9(11-4-2-3-5-12(11)17)22-14(24)8-23-7-10(16(19,20)21)6-13(18)15(23)25/h2-7,9H,8H2,1H3,(H,22,24)/t9-/m0/s1. The summed E-state index contributed by atoms with van der Waals surface area (Å²) in [6.07, 6.45) is -4.12. The Labute approximate surface area is 151 Å². The molecule has 0 saturated carbocycles. The molecule has 0 aliphatic rings. The monoisotopic (exact) mass is 392 g/mol. The number of aromatic nitrogens is 1. The maximum absolute atomic E-state index is 12.8. The van der Waals surface area contributed by atoms with Crippen LogP contribution in [0.25, 0.3) is 0 Å². The van der Waals surface area contributed by atoms with Crippen molar-refractivity contribution in [2.75, 3.05) is 0 Å². The van der Waals surface area contributed by atoms with Crippen molar-refractivity contribution in [1.82, 2.24) is 9.88 Å². The highest BCUT2D eigenvalue weighted by Gasteiger charge is 2.32. The number of benzene rings is 1. The number of hydrogen-bond acceptors (Lipinski definition) is 2. The van der Waals surface area contributed by atoms with Crippen molar-refractivity contribution in [2.45, 2.75) is 25.7 Å². The van der Waals surface area contributed by atoms with E-state index in [4.69, 9.17) is 23.2 Å². The van der Waals surface area contributed by atoms with Crippen molar-refractivity contribution in [3.63, 3.8) is 0 Å². The Kier molecular flexibility index (Phi) is 5.80. The summed E-state index contributed by atoms with van der Waals surface area (Å²) in [6.45, 7) is 1.07. The molecule has 0 aliphatic carbocycles. The van der Waals surface area contributed by atoms with Crippen LogP contribution in [0.5, 0.6) is 0 Å². The van der Waals surface area contributed by atoms with Gasteiger partial charge in [0.15, 0.2) is 0 Å². The summed E-state index contributed by atoms with van der Waals surface area (Å²) < 4.78 is 39.0. The van der Waals surface area contributed by atoms with Gasteiger partial charge >= 0.3 is 6.18 Å². The van der Waals surface area contributed by atoms with Crippen LogP contribution >= 0.6 is 23.2 Å². The molecule has 2 aromatic rings. The first-order valence-electron chi connectivity index (χ1n) is 7.10. The molecule has 2 rings (SSSR count). The van der Waals surface area contributed by atoms with Crippen LogP contribution in [0.1, 0.15) is 24.1 Å². The second-order valence-corrected chi connectivity index (χ2v) is 6.13. The highest BCUT2D eigenvalue weighted by Crippen LogP contribution is 2.29. The minimum Gasteiger partial charge on any atom is -0.348 e. The van der Waals surface area contributed by atoms with E-state index in [1.807, 2.05) is 0 Å². The minimum atomic E-state index is -4.68. The van der Waals surface area contributed by atoms with E-state index in [2.05, 4.69) is 5.32 Å². The molecule has 25 heavy (non-hydrogen) atoms. The molecule has 0 spiro atoms. The fraction of sp³-hybridized carbons (Fsp3) is 0.250. The Morgan fingerprint density at radius 2 is 1.88 bits per heavy atom. The predicted octanol–water partition coefficient (Wildman–Crippen LogP) is 4.05. The van der Waals surface area contributed by atoms with Gasteiger partial charge in [0.2, 0.25) is 5.91 Å². The largest absolute Gasteiger partial charge is 0.417 e. The number of carbonyl (C=O) groups excluding carboxylic acids is 1. The molecule has 4 nitrogen and oxygen atoms in total. The van der Waals surface area contributed by atoms with Gasteiger partial charge in [0.25, 0.3) is 5.56 Å². The Morgan fingerprint density at radius 1 is 1.24 bits per heavy atom. The van der Waals surface area contributed by atoms with E-state index in [1.165, 1.54) is 0 Å². The number of amides is 1. The molecule has 1 heterocycles. The molecule has 0 radical (unpaired) electrons. The summed E-state index contributed by atoms with van der Waals surface area (Å²) in [4.78, 5) is 23.9. The molecule has 1 aromatic heterocycles. The number of nitrogens with one attached hydrogen (secondary N) is 1. The Bertz CT molecular complexity index is 850. The quantitative estimate of drug-likeness (QED) is 0.852. The van der Waals surface area contributed by atoms with Gasteiger partial charge in [-0.1, -0.05) is 41.4 Å². The van der Waals surface area contributed by atoms with Crippen LogP contribution < -0.4 is 10.9 Å². The smallest absolute Gasteiger partial charge is 0.348 e. The second-order valence-electron chi connectivity index (χ2n) is 5.32. The van der Waals surface area contributed by atoms with Gasteiger partial charge in [0, 0.05) is 11.2 Å². The van der Waals surface area contributed by atoms with Crippen LogP contribution in [0.4, 0.5) is 13.2 Å². The van der Waals surface area contributed by atoms with E-state index in [0.717, 1.165) is 0 Å². The van der Waals surface area contributed by atoms with Crippen LogP contribution in [0.2, 0.25) is 10.0 Å². The van der Waals surface area contributed by atoms with E-state index in [0.29, 0.717) is 27.4 Å². The Balaban J connectivity index is 2.19. The summed E-state index contributed by atoms with van der Waals surface area (Å²) >= 11 is 11.6. The summed E-state index contributed by atoms with van der Waals surface area (Å²) in [7, 11) is 0. The average molecular weight is 393 g/mol. The zero-order valence-corrected chi connectivity index (χ0v) is 14.4. The van der Waals surface area contributed by atoms with Crippen molar-refractivity contribution in [1.29, 1.82) is 0 Å². The summed E-state index contributed by atoms with van der Waals surface area (Å²) in [6, 6.07) is 6.87. The van der Waals surface area contributed by atoms with Crippen LogP contribution in [0, 0.1) is 0 Å². The molecule has 1 aromatic carbocycles. The van der Waals surface area contributed by atoms with Gasteiger partial charge in [0.05, 0.1) is 11.6 Å². The zero-order valence-electron chi connectivity index (χ0n) is 12.9. The first-order valence-corrected chi connectivity index (χ1v) is 7.86. The molecule has 0 aliphatic heterocycles. The van der Waals surface area contributed by atoms with E-state index in [1.54, 1.807) is 31.2 Å². The number of alkyl halides is 3. The SMILES string of the molecule is C[C@H](NC(=O)Cn1cc(C(F)(F)F)cc(Cl)c1=O)c1ccccc1Cl. The maximum atomic E-state index is 12.8. The van der Waals surface area contributed by atoms with E-state index < -0.39 is 40.8 Å². The molecule has 0 saturated heterocycles.